The molecule has 1 aromatic rings. The van der Waals surface area contributed by atoms with E-state index in [4.69, 9.17) is 11.5 Å². The average Bonchev–Trinajstić information content (AvgIpc) is 2.18. The van der Waals surface area contributed by atoms with Gasteiger partial charge in [-0.25, -0.2) is 4.39 Å². The summed E-state index contributed by atoms with van der Waals surface area (Å²) in [4.78, 5) is 10.6. The van der Waals surface area contributed by atoms with Crippen LogP contribution >= 0.6 is 15.9 Å². The molecule has 1 aromatic carbocycles. The normalized spacial score (nSPS) is 12.5. The quantitative estimate of drug-likeness (QED) is 0.880. The van der Waals surface area contributed by atoms with Crippen molar-refractivity contribution in [3.8, 4) is 0 Å². The Kier molecular flexibility index (Phi) is 4.23. The maximum absolute atomic E-state index is 12.9. The fourth-order valence-electron chi connectivity index (χ4n) is 1.21. The van der Waals surface area contributed by atoms with Gasteiger partial charge in [-0.2, -0.15) is 0 Å². The molecule has 82 valence electrons. The highest BCUT2D eigenvalue weighted by Crippen LogP contribution is 2.22. The molecule has 0 radical (unpaired) electrons. The Morgan fingerprint density at radius 3 is 2.73 bits per heavy atom. The fraction of sp³-hybridized carbons (Fsp3) is 0.300. The zero-order chi connectivity index (χ0) is 11.4. The number of amides is 1. The fourth-order valence-corrected chi connectivity index (χ4v) is 1.60. The van der Waals surface area contributed by atoms with Crippen molar-refractivity contribution >= 4 is 21.8 Å². The van der Waals surface area contributed by atoms with Gasteiger partial charge in [0.15, 0.2) is 0 Å². The van der Waals surface area contributed by atoms with Crippen molar-refractivity contribution < 1.29 is 9.18 Å². The number of carbonyl (C=O) groups is 1. The summed E-state index contributed by atoms with van der Waals surface area (Å²) in [7, 11) is 0. The van der Waals surface area contributed by atoms with Gasteiger partial charge in [-0.3, -0.25) is 4.79 Å². The molecule has 0 aliphatic rings. The monoisotopic (exact) mass is 274 g/mol. The van der Waals surface area contributed by atoms with Gasteiger partial charge in [0, 0.05) is 12.5 Å². The molecular formula is C10H12BrFN2O. The topological polar surface area (TPSA) is 69.1 Å². The van der Waals surface area contributed by atoms with E-state index in [9.17, 15) is 9.18 Å². The molecule has 0 heterocycles. The van der Waals surface area contributed by atoms with Gasteiger partial charge in [-0.05, 0) is 40.0 Å². The molecule has 1 unspecified atom stereocenters. The number of carbonyl (C=O) groups excluding carboxylic acids is 1. The molecule has 5 heteroatoms. The molecule has 0 bridgehead atoms. The minimum atomic E-state index is -0.383. The van der Waals surface area contributed by atoms with Crippen LogP contribution in [0.2, 0.25) is 0 Å². The molecule has 0 aliphatic carbocycles. The lowest BCUT2D eigenvalue weighted by molar-refractivity contribution is -0.118. The van der Waals surface area contributed by atoms with Crippen molar-refractivity contribution in [1.82, 2.24) is 0 Å². The van der Waals surface area contributed by atoms with Gasteiger partial charge in [-0.15, -0.1) is 0 Å². The summed E-state index contributed by atoms with van der Waals surface area (Å²) >= 11 is 3.07. The number of benzene rings is 1. The number of primary amides is 1. The number of hydrogen-bond acceptors (Lipinski definition) is 2. The molecule has 1 amide bonds. The Bertz CT molecular complexity index is 370. The second-order valence-corrected chi connectivity index (χ2v) is 4.14. The smallest absolute Gasteiger partial charge is 0.217 e. The Hall–Kier alpha value is -0.940. The third kappa shape index (κ3) is 3.60. The molecule has 0 aliphatic heterocycles. The minimum Gasteiger partial charge on any atom is -0.370 e. The standard InChI is InChI=1S/C10H12BrFN2O/c11-7-5-6(1-2-8(7)12)9(13)3-4-10(14)15/h1-2,5,9H,3-4,13H2,(H2,14,15). The molecule has 0 spiro atoms. The van der Waals surface area contributed by atoms with E-state index >= 15 is 0 Å². The first-order valence-electron chi connectivity index (χ1n) is 4.49. The first kappa shape index (κ1) is 12.1. The van der Waals surface area contributed by atoms with Crippen molar-refractivity contribution in [2.24, 2.45) is 11.5 Å². The third-order valence-electron chi connectivity index (χ3n) is 2.07. The molecule has 0 aromatic heterocycles. The van der Waals surface area contributed by atoms with Crippen molar-refractivity contribution in [1.29, 1.82) is 0 Å². The van der Waals surface area contributed by atoms with Crippen molar-refractivity contribution in [2.45, 2.75) is 18.9 Å². The Balaban J connectivity index is 2.69. The molecule has 0 saturated carbocycles. The number of rotatable bonds is 4. The van der Waals surface area contributed by atoms with Crippen LogP contribution in [0.5, 0.6) is 0 Å². The molecule has 3 nitrogen and oxygen atoms in total. The summed E-state index contributed by atoms with van der Waals surface area (Å²) in [5.41, 5.74) is 11.6. The van der Waals surface area contributed by atoms with Gasteiger partial charge in [0.2, 0.25) is 5.91 Å². The van der Waals surface area contributed by atoms with Crippen LogP contribution in [0.25, 0.3) is 0 Å². The highest BCUT2D eigenvalue weighted by Gasteiger charge is 2.09. The average molecular weight is 275 g/mol. The summed E-state index contributed by atoms with van der Waals surface area (Å²) in [5.74, 6) is -0.715. The van der Waals surface area contributed by atoms with Gasteiger partial charge in [0.25, 0.3) is 0 Å². The highest BCUT2D eigenvalue weighted by atomic mass is 79.9. The summed E-state index contributed by atoms with van der Waals surface area (Å²) in [6, 6.07) is 4.26. The Morgan fingerprint density at radius 2 is 2.20 bits per heavy atom. The lowest BCUT2D eigenvalue weighted by atomic mass is 10.0. The largest absolute Gasteiger partial charge is 0.370 e. The van der Waals surface area contributed by atoms with E-state index in [1.807, 2.05) is 0 Å². The second kappa shape index (κ2) is 5.23. The van der Waals surface area contributed by atoms with Gasteiger partial charge >= 0.3 is 0 Å². The maximum atomic E-state index is 12.9. The lowest BCUT2D eigenvalue weighted by Gasteiger charge is -2.11. The predicted molar refractivity (Wildman–Crippen MR) is 59.5 cm³/mol. The van der Waals surface area contributed by atoms with Crippen LogP contribution in [-0.2, 0) is 4.79 Å². The van der Waals surface area contributed by atoms with Crippen LogP contribution in [0.4, 0.5) is 4.39 Å². The zero-order valence-electron chi connectivity index (χ0n) is 8.04. The Morgan fingerprint density at radius 1 is 1.53 bits per heavy atom. The first-order valence-corrected chi connectivity index (χ1v) is 5.29. The second-order valence-electron chi connectivity index (χ2n) is 3.29. The van der Waals surface area contributed by atoms with Crippen LogP contribution in [0.15, 0.2) is 22.7 Å². The minimum absolute atomic E-state index is 0.232. The Labute approximate surface area is 95.8 Å². The van der Waals surface area contributed by atoms with Gasteiger partial charge in [0.1, 0.15) is 5.82 Å². The number of hydrogen-bond donors (Lipinski definition) is 2. The van der Waals surface area contributed by atoms with Gasteiger partial charge < -0.3 is 11.5 Å². The van der Waals surface area contributed by atoms with E-state index in [2.05, 4.69) is 15.9 Å². The molecule has 0 fully saturated rings. The summed E-state index contributed by atoms with van der Waals surface area (Å²) in [5, 5.41) is 0. The lowest BCUT2D eigenvalue weighted by Crippen LogP contribution is -2.16. The van der Waals surface area contributed by atoms with E-state index in [0.29, 0.717) is 10.9 Å². The van der Waals surface area contributed by atoms with Crippen molar-refractivity contribution in [2.75, 3.05) is 0 Å². The van der Waals surface area contributed by atoms with E-state index in [-0.39, 0.29) is 24.2 Å². The summed E-state index contributed by atoms with van der Waals surface area (Å²) in [6.07, 6.45) is 0.698. The van der Waals surface area contributed by atoms with Crippen LogP contribution in [-0.4, -0.2) is 5.91 Å². The third-order valence-corrected chi connectivity index (χ3v) is 2.68. The molecule has 4 N–H and O–H groups in total. The van der Waals surface area contributed by atoms with E-state index in [1.54, 1.807) is 12.1 Å². The highest BCUT2D eigenvalue weighted by molar-refractivity contribution is 9.10. The van der Waals surface area contributed by atoms with E-state index in [0.717, 1.165) is 5.56 Å². The van der Waals surface area contributed by atoms with Gasteiger partial charge in [-0.1, -0.05) is 6.07 Å². The van der Waals surface area contributed by atoms with Crippen LogP contribution in [0.3, 0.4) is 0 Å². The first-order chi connectivity index (χ1) is 7.00. The predicted octanol–water partition coefficient (Wildman–Crippen LogP) is 1.85. The molecule has 1 rings (SSSR count). The molecular weight excluding hydrogens is 263 g/mol. The van der Waals surface area contributed by atoms with E-state index in [1.165, 1.54) is 6.07 Å². The van der Waals surface area contributed by atoms with Crippen LogP contribution < -0.4 is 11.5 Å². The van der Waals surface area contributed by atoms with E-state index < -0.39 is 0 Å². The molecule has 1 atom stereocenters. The summed E-state index contributed by atoms with van der Waals surface area (Å²) in [6.45, 7) is 0. The molecule has 0 saturated heterocycles. The van der Waals surface area contributed by atoms with Crippen LogP contribution in [0, 0.1) is 5.82 Å². The van der Waals surface area contributed by atoms with Gasteiger partial charge in [0.05, 0.1) is 4.47 Å². The number of nitrogens with two attached hydrogens (primary N) is 2. The van der Waals surface area contributed by atoms with Crippen molar-refractivity contribution in [3.05, 3.63) is 34.1 Å². The van der Waals surface area contributed by atoms with Crippen LogP contribution in [0.1, 0.15) is 24.4 Å². The van der Waals surface area contributed by atoms with Crippen molar-refractivity contribution in [3.63, 3.8) is 0 Å². The maximum Gasteiger partial charge on any atom is 0.217 e. The molecule has 15 heavy (non-hydrogen) atoms. The number of halogens is 2. The zero-order valence-corrected chi connectivity index (χ0v) is 9.63. The SMILES string of the molecule is NC(=O)CCC(N)c1ccc(F)c(Br)c1. The summed E-state index contributed by atoms with van der Waals surface area (Å²) < 4.78 is 13.3.